The monoisotopic (exact) mass is 536 g/mol. The minimum Gasteiger partial charge on any atom is -0.507 e. The first-order valence-corrected chi connectivity index (χ1v) is 14.7. The summed E-state index contributed by atoms with van der Waals surface area (Å²) < 4.78 is 12.9. The molecule has 4 heteroatoms. The average molecular weight is 537 g/mol. The quantitative estimate of drug-likeness (QED) is 0.197. The van der Waals surface area contributed by atoms with E-state index in [1.54, 1.807) is 0 Å². The maximum Gasteiger partial charge on any atom is 0.126 e. The number of ether oxygens (including phenoxy) is 2. The molecule has 208 valence electrons. The molecule has 4 nitrogen and oxygen atoms in total. The van der Waals surface area contributed by atoms with Crippen LogP contribution in [0.5, 0.6) is 23.0 Å². The lowest BCUT2D eigenvalue weighted by molar-refractivity contribution is 0.300. The van der Waals surface area contributed by atoms with Crippen molar-refractivity contribution < 1.29 is 19.7 Å². The lowest BCUT2D eigenvalue weighted by Crippen LogP contribution is -2.08. The van der Waals surface area contributed by atoms with Crippen LogP contribution in [0.4, 0.5) is 0 Å². The number of phenolic OH excluding ortho intramolecular Hbond substituents is 2. The van der Waals surface area contributed by atoms with Crippen molar-refractivity contribution in [2.75, 3.05) is 13.2 Å². The summed E-state index contributed by atoms with van der Waals surface area (Å²) in [7, 11) is 0. The van der Waals surface area contributed by atoms with Gasteiger partial charge in [0.1, 0.15) is 23.0 Å². The highest BCUT2D eigenvalue weighted by Crippen LogP contribution is 2.38. The fourth-order valence-electron chi connectivity index (χ4n) is 5.52. The van der Waals surface area contributed by atoms with Gasteiger partial charge in [0.05, 0.1) is 13.2 Å². The summed E-state index contributed by atoms with van der Waals surface area (Å²) >= 11 is 0. The topological polar surface area (TPSA) is 58.9 Å². The Bertz CT molecular complexity index is 1350. The van der Waals surface area contributed by atoms with E-state index in [0.717, 1.165) is 81.7 Å². The summed E-state index contributed by atoms with van der Waals surface area (Å²) in [4.78, 5) is 0. The molecule has 0 spiro atoms. The third kappa shape index (κ3) is 6.12. The molecule has 0 heterocycles. The number of phenols is 2. The summed E-state index contributed by atoms with van der Waals surface area (Å²) in [5, 5.41) is 22.6. The molecular formula is C36H40O4. The molecule has 0 aliphatic heterocycles. The maximum absolute atomic E-state index is 11.3. The lowest BCUT2D eigenvalue weighted by atomic mass is 9.91. The Balaban J connectivity index is 1.68. The van der Waals surface area contributed by atoms with E-state index in [-0.39, 0.29) is 11.5 Å². The first-order valence-electron chi connectivity index (χ1n) is 14.7. The number of rotatable bonds is 8. The second-order valence-corrected chi connectivity index (χ2v) is 10.8. The molecular weight excluding hydrogens is 496 g/mol. The number of aromatic hydroxyl groups is 2. The second-order valence-electron chi connectivity index (χ2n) is 10.8. The van der Waals surface area contributed by atoms with E-state index < -0.39 is 0 Å². The zero-order valence-corrected chi connectivity index (χ0v) is 23.7. The maximum atomic E-state index is 11.3. The Morgan fingerprint density at radius 1 is 0.475 bits per heavy atom. The molecule has 0 unspecified atom stereocenters. The molecule has 0 radical (unpaired) electrons. The van der Waals surface area contributed by atoms with Gasteiger partial charge in [0.25, 0.3) is 0 Å². The van der Waals surface area contributed by atoms with E-state index in [9.17, 15) is 10.2 Å². The summed E-state index contributed by atoms with van der Waals surface area (Å²) in [5.41, 5.74) is 7.63. The van der Waals surface area contributed by atoms with Gasteiger partial charge < -0.3 is 19.7 Å². The summed E-state index contributed by atoms with van der Waals surface area (Å²) in [6, 6.07) is 24.5. The number of fused-ring (bicyclic) bond motifs is 8. The fourth-order valence-corrected chi connectivity index (χ4v) is 5.52. The van der Waals surface area contributed by atoms with E-state index in [0.29, 0.717) is 38.9 Å². The van der Waals surface area contributed by atoms with Crippen LogP contribution in [0.1, 0.15) is 84.0 Å². The lowest BCUT2D eigenvalue weighted by Gasteiger charge is -2.21. The third-order valence-electron chi connectivity index (χ3n) is 7.77. The van der Waals surface area contributed by atoms with Gasteiger partial charge in [-0.25, -0.2) is 0 Å². The van der Waals surface area contributed by atoms with Gasteiger partial charge in [0, 0.05) is 25.7 Å². The van der Waals surface area contributed by atoms with Gasteiger partial charge in [-0.3, -0.25) is 0 Å². The van der Waals surface area contributed by atoms with Crippen molar-refractivity contribution in [1.29, 1.82) is 0 Å². The Morgan fingerprint density at radius 3 is 1.07 bits per heavy atom. The molecule has 4 aromatic rings. The smallest absolute Gasteiger partial charge is 0.126 e. The summed E-state index contributed by atoms with van der Waals surface area (Å²) in [5.74, 6) is 2.36. The third-order valence-corrected chi connectivity index (χ3v) is 7.77. The van der Waals surface area contributed by atoms with Gasteiger partial charge in [-0.2, -0.15) is 0 Å². The zero-order valence-electron chi connectivity index (χ0n) is 23.7. The van der Waals surface area contributed by atoms with Crippen molar-refractivity contribution >= 4 is 0 Å². The largest absolute Gasteiger partial charge is 0.507 e. The van der Waals surface area contributed by atoms with E-state index >= 15 is 0 Å². The number of unbranched alkanes of at least 4 members (excludes halogenated alkanes) is 2. The van der Waals surface area contributed by atoms with Crippen molar-refractivity contribution in [2.45, 2.75) is 65.2 Å². The van der Waals surface area contributed by atoms with Crippen molar-refractivity contribution in [3.63, 3.8) is 0 Å². The van der Waals surface area contributed by atoms with Crippen LogP contribution in [0.15, 0.2) is 72.8 Å². The van der Waals surface area contributed by atoms with Gasteiger partial charge in [0.2, 0.25) is 0 Å². The molecule has 0 fully saturated rings. The molecule has 8 bridgehead atoms. The van der Waals surface area contributed by atoms with Crippen LogP contribution in [0.25, 0.3) is 0 Å². The summed E-state index contributed by atoms with van der Waals surface area (Å²) in [6.07, 6.45) is 6.31. The Morgan fingerprint density at radius 2 is 0.750 bits per heavy atom. The molecule has 0 atom stereocenters. The minimum atomic E-state index is 0.279. The van der Waals surface area contributed by atoms with Crippen molar-refractivity contribution in [3.05, 3.63) is 117 Å². The van der Waals surface area contributed by atoms with Gasteiger partial charge in [-0.05, 0) is 57.3 Å². The van der Waals surface area contributed by atoms with Gasteiger partial charge in [0.15, 0.2) is 0 Å². The van der Waals surface area contributed by atoms with Crippen molar-refractivity contribution in [3.8, 4) is 23.0 Å². The van der Waals surface area contributed by atoms with Crippen LogP contribution in [-0.2, 0) is 25.7 Å². The van der Waals surface area contributed by atoms with Crippen LogP contribution in [0.2, 0.25) is 0 Å². The Kier molecular flexibility index (Phi) is 8.95. The van der Waals surface area contributed by atoms with E-state index in [4.69, 9.17) is 9.47 Å². The molecule has 1 aliphatic carbocycles. The first kappa shape index (κ1) is 27.6. The van der Waals surface area contributed by atoms with Gasteiger partial charge in [-0.1, -0.05) is 99.5 Å². The van der Waals surface area contributed by atoms with Crippen molar-refractivity contribution in [1.82, 2.24) is 0 Å². The van der Waals surface area contributed by atoms with Crippen LogP contribution in [0, 0.1) is 0 Å². The first-order chi connectivity index (χ1) is 19.6. The Hall–Kier alpha value is -3.92. The molecule has 40 heavy (non-hydrogen) atoms. The molecule has 1 aliphatic rings. The number of hydrogen-bond donors (Lipinski definition) is 2. The average Bonchev–Trinajstić information content (AvgIpc) is 2.95. The standard InChI is InChI=1S/C36H40O4/c1-3-5-19-39-35-29-15-9-17-31(35)24-32-18-10-16-30(36(32)40-20-6-4-2)23-28-14-8-12-26(34(28)38)21-25-11-7-13-27(22-29)33(25)37/h7-18,37-38H,3-6,19-24H2,1-2H3. The van der Waals surface area contributed by atoms with E-state index in [1.807, 2.05) is 36.4 Å². The van der Waals surface area contributed by atoms with Crippen LogP contribution in [0.3, 0.4) is 0 Å². The molecule has 4 aromatic carbocycles. The van der Waals surface area contributed by atoms with Crippen LogP contribution in [-0.4, -0.2) is 23.4 Å². The number of para-hydroxylation sites is 4. The van der Waals surface area contributed by atoms with E-state index in [2.05, 4.69) is 50.2 Å². The second kappa shape index (κ2) is 13.0. The highest BCUT2D eigenvalue weighted by molar-refractivity contribution is 5.55. The minimum absolute atomic E-state index is 0.279. The number of hydrogen-bond acceptors (Lipinski definition) is 4. The van der Waals surface area contributed by atoms with Gasteiger partial charge in [-0.15, -0.1) is 0 Å². The van der Waals surface area contributed by atoms with Crippen molar-refractivity contribution in [2.24, 2.45) is 0 Å². The van der Waals surface area contributed by atoms with Gasteiger partial charge >= 0.3 is 0 Å². The molecule has 0 saturated carbocycles. The predicted molar refractivity (Wildman–Crippen MR) is 161 cm³/mol. The molecule has 0 saturated heterocycles. The molecule has 5 rings (SSSR count). The molecule has 0 aromatic heterocycles. The molecule has 0 amide bonds. The molecule has 2 N–H and O–H groups in total. The predicted octanol–water partition coefficient (Wildman–Crippen LogP) is 8.13. The van der Waals surface area contributed by atoms with Crippen LogP contribution < -0.4 is 9.47 Å². The van der Waals surface area contributed by atoms with Crippen LogP contribution >= 0.6 is 0 Å². The number of benzene rings is 4. The Labute approximate surface area is 238 Å². The normalized spacial score (nSPS) is 12.7. The van der Waals surface area contributed by atoms with E-state index in [1.165, 1.54) is 0 Å². The highest BCUT2D eigenvalue weighted by Gasteiger charge is 2.20. The SMILES string of the molecule is CCCCOc1c2cccc1Cc1cccc(c1OCCCC)Cc1cccc(c1O)Cc1cccc(c1O)C2. The highest BCUT2D eigenvalue weighted by atomic mass is 16.5. The fraction of sp³-hybridized carbons (Fsp3) is 0.333. The zero-order chi connectivity index (χ0) is 27.9. The summed E-state index contributed by atoms with van der Waals surface area (Å²) in [6.45, 7) is 5.64.